The van der Waals surface area contributed by atoms with E-state index in [1.807, 2.05) is 13.1 Å². The zero-order valence-corrected chi connectivity index (χ0v) is 26.5. The molecule has 1 aromatic rings. The van der Waals surface area contributed by atoms with Crippen LogP contribution < -0.4 is 4.74 Å². The molecule has 4 N–H and O–H groups in total. The van der Waals surface area contributed by atoms with Gasteiger partial charge in [0.15, 0.2) is 12.2 Å². The summed E-state index contributed by atoms with van der Waals surface area (Å²) in [6, 6.07) is 3.42. The average molecular weight is 676 g/mol. The Kier molecular flexibility index (Phi) is 9.54. The molecule has 2 heterocycles. The van der Waals surface area contributed by atoms with Gasteiger partial charge < -0.3 is 49.0 Å². The van der Waals surface area contributed by atoms with Crippen LogP contribution in [0, 0.1) is 0 Å². The summed E-state index contributed by atoms with van der Waals surface area (Å²) in [7, 11) is 1.95. The number of carboxylic acids is 2. The van der Waals surface area contributed by atoms with Crippen LogP contribution in [0.3, 0.4) is 0 Å². The molecule has 2 aliphatic heterocycles. The summed E-state index contributed by atoms with van der Waals surface area (Å²) in [6.07, 6.45) is -5.17. The van der Waals surface area contributed by atoms with Crippen molar-refractivity contribution in [3.05, 3.63) is 40.7 Å². The first-order valence-electron chi connectivity index (χ1n) is 15.4. The fraction of sp³-hybridized carbons (Fsp3) is 0.562. The van der Waals surface area contributed by atoms with Gasteiger partial charge >= 0.3 is 35.8 Å². The zero-order valence-electron chi connectivity index (χ0n) is 26.5. The van der Waals surface area contributed by atoms with Gasteiger partial charge in [-0.2, -0.15) is 0 Å². The van der Waals surface area contributed by atoms with Crippen molar-refractivity contribution in [2.45, 2.75) is 100 Å². The number of likely N-dealkylation sites (N-methyl/N-ethyl adjacent to an activating group) is 1. The van der Waals surface area contributed by atoms with Crippen LogP contribution >= 0.6 is 0 Å². The molecule has 0 aromatic heterocycles. The molecule has 0 amide bonds. The Morgan fingerprint density at radius 1 is 1.04 bits per heavy atom. The first-order chi connectivity index (χ1) is 22.6. The lowest BCUT2D eigenvalue weighted by molar-refractivity contribution is -0.184. The number of benzene rings is 1. The molecule has 1 aromatic carbocycles. The SMILES string of the molecule is CC(=O)O[C@@H](CC(=O)OC1=CC[C@@]2(O)[C@H]3Cc4ccc(CO)c5c4[C@@]2(CCCN3C)[C@H]1O5)C(=O)O[C@@H](C)C(=O)O[C@H](CC(=O)O)C(=O)O. The standard InChI is InChI=1S/C32H37NO15/c1-15(29(41)47-20(28(39)40)12-23(36)37)44-30(42)21(45-16(2)35)13-24(38)46-19-7-9-32(43)22-11-17-5-6-18(14-34)26-25(17)31(32,27(19)48-26)8-4-10-33(22)3/h5-7,15,20-22,27,34,43H,4,8-14H2,1-3H3,(H,36,37)(H,39,40)/t15-,20+,21-,22+,27-,31-,32+/m0/s1. The molecule has 2 aliphatic carbocycles. The van der Waals surface area contributed by atoms with Crippen molar-refractivity contribution in [3.8, 4) is 5.75 Å². The third kappa shape index (κ3) is 5.99. The molecule has 5 rings (SSSR count). The number of carboxylic acid groups (broad SMARTS) is 2. The number of rotatable bonds is 12. The molecule has 1 saturated heterocycles. The summed E-state index contributed by atoms with van der Waals surface area (Å²) in [5.74, 6) is -7.53. The van der Waals surface area contributed by atoms with Crippen molar-refractivity contribution in [3.63, 3.8) is 0 Å². The van der Waals surface area contributed by atoms with Crippen LogP contribution in [0.4, 0.5) is 0 Å². The maximum atomic E-state index is 13.3. The number of ether oxygens (including phenoxy) is 5. The minimum atomic E-state index is -2.06. The van der Waals surface area contributed by atoms with E-state index in [4.69, 9.17) is 29.2 Å². The van der Waals surface area contributed by atoms with E-state index >= 15 is 0 Å². The number of aliphatic hydroxyl groups excluding tert-OH is 1. The van der Waals surface area contributed by atoms with Crippen LogP contribution in [0.15, 0.2) is 24.0 Å². The second kappa shape index (κ2) is 13.2. The summed E-state index contributed by atoms with van der Waals surface area (Å²) in [5, 5.41) is 40.5. The monoisotopic (exact) mass is 675 g/mol. The van der Waals surface area contributed by atoms with Crippen molar-refractivity contribution >= 4 is 35.8 Å². The molecule has 260 valence electrons. The molecule has 0 saturated carbocycles. The van der Waals surface area contributed by atoms with Gasteiger partial charge in [-0.1, -0.05) is 12.1 Å². The van der Waals surface area contributed by atoms with Crippen molar-refractivity contribution < 1.29 is 72.9 Å². The van der Waals surface area contributed by atoms with Crippen LogP contribution in [-0.4, -0.2) is 111 Å². The van der Waals surface area contributed by atoms with Crippen molar-refractivity contribution in [2.24, 2.45) is 0 Å². The van der Waals surface area contributed by atoms with E-state index in [9.17, 15) is 39.0 Å². The van der Waals surface area contributed by atoms with Crippen molar-refractivity contribution in [1.29, 1.82) is 0 Å². The molecular formula is C32H37NO15. The maximum Gasteiger partial charge on any atom is 0.348 e. The van der Waals surface area contributed by atoms with Gasteiger partial charge in [-0.3, -0.25) is 14.4 Å². The predicted molar refractivity (Wildman–Crippen MR) is 157 cm³/mol. The van der Waals surface area contributed by atoms with Crippen molar-refractivity contribution in [1.82, 2.24) is 4.90 Å². The number of aliphatic carboxylic acids is 2. The number of nitrogens with zero attached hydrogens (tertiary/aromatic N) is 1. The zero-order chi connectivity index (χ0) is 35.1. The van der Waals surface area contributed by atoms with E-state index < -0.39 is 84.1 Å². The Bertz CT molecular complexity index is 1570. The normalized spacial score (nSPS) is 27.1. The highest BCUT2D eigenvalue weighted by Gasteiger charge is 2.70. The molecule has 0 unspecified atom stereocenters. The third-order valence-corrected chi connectivity index (χ3v) is 9.52. The number of carbonyl (C=O) groups excluding carboxylic acids is 4. The Morgan fingerprint density at radius 2 is 1.77 bits per heavy atom. The van der Waals surface area contributed by atoms with Gasteiger partial charge in [0, 0.05) is 30.5 Å². The van der Waals surface area contributed by atoms with Crippen LogP contribution in [-0.2, 0) is 66.2 Å². The van der Waals surface area contributed by atoms with Crippen LogP contribution in [0.5, 0.6) is 5.75 Å². The van der Waals surface area contributed by atoms with Gasteiger partial charge in [0.2, 0.25) is 12.2 Å². The molecule has 1 spiro atoms. The number of hydrogen-bond acceptors (Lipinski definition) is 14. The minimum absolute atomic E-state index is 0.0750. The van der Waals surface area contributed by atoms with Gasteiger partial charge in [0.05, 0.1) is 30.5 Å². The first-order valence-corrected chi connectivity index (χ1v) is 15.4. The van der Waals surface area contributed by atoms with E-state index in [1.165, 1.54) is 0 Å². The van der Waals surface area contributed by atoms with E-state index in [-0.39, 0.29) is 24.8 Å². The van der Waals surface area contributed by atoms with Gasteiger partial charge in [-0.25, -0.2) is 14.4 Å². The molecular weight excluding hydrogens is 638 g/mol. The topological polar surface area (TPSA) is 233 Å². The minimum Gasteiger partial charge on any atom is -0.481 e. The fourth-order valence-corrected chi connectivity index (χ4v) is 7.46. The molecule has 2 bridgehead atoms. The number of aliphatic hydroxyl groups is 2. The summed E-state index contributed by atoms with van der Waals surface area (Å²) >= 11 is 0. The number of carbonyl (C=O) groups is 6. The summed E-state index contributed by atoms with van der Waals surface area (Å²) in [5.41, 5.74) is -0.0534. The average Bonchev–Trinajstić information content (AvgIpc) is 3.35. The lowest BCUT2D eigenvalue weighted by atomic mass is 9.52. The molecule has 4 aliphatic rings. The smallest absolute Gasteiger partial charge is 0.348 e. The molecule has 16 nitrogen and oxygen atoms in total. The molecule has 16 heteroatoms. The highest BCUT2D eigenvalue weighted by molar-refractivity contribution is 5.88. The predicted octanol–water partition coefficient (Wildman–Crippen LogP) is 0.115. The quantitative estimate of drug-likeness (QED) is 0.170. The van der Waals surface area contributed by atoms with Gasteiger partial charge in [0.1, 0.15) is 11.5 Å². The fourth-order valence-electron chi connectivity index (χ4n) is 7.46. The van der Waals surface area contributed by atoms with E-state index in [1.54, 1.807) is 12.1 Å². The number of esters is 4. The lowest BCUT2D eigenvalue weighted by Crippen LogP contribution is -2.69. The van der Waals surface area contributed by atoms with Crippen molar-refractivity contribution in [2.75, 3.05) is 13.6 Å². The molecule has 0 radical (unpaired) electrons. The van der Waals surface area contributed by atoms with Gasteiger partial charge in [0.25, 0.3) is 0 Å². The van der Waals surface area contributed by atoms with E-state index in [0.29, 0.717) is 37.1 Å². The van der Waals surface area contributed by atoms with E-state index in [2.05, 4.69) is 9.64 Å². The first kappa shape index (κ1) is 34.8. The highest BCUT2D eigenvalue weighted by atomic mass is 16.6. The maximum absolute atomic E-state index is 13.3. The largest absolute Gasteiger partial charge is 0.481 e. The molecule has 1 fully saturated rings. The second-order valence-electron chi connectivity index (χ2n) is 12.5. The summed E-state index contributed by atoms with van der Waals surface area (Å²) in [6.45, 7) is 2.38. The Balaban J connectivity index is 1.35. The lowest BCUT2D eigenvalue weighted by Gasteiger charge is -2.56. The summed E-state index contributed by atoms with van der Waals surface area (Å²) < 4.78 is 26.8. The van der Waals surface area contributed by atoms with Crippen LogP contribution in [0.2, 0.25) is 0 Å². The third-order valence-electron chi connectivity index (χ3n) is 9.52. The molecule has 48 heavy (non-hydrogen) atoms. The van der Waals surface area contributed by atoms with E-state index in [0.717, 1.165) is 25.0 Å². The number of hydrogen-bond donors (Lipinski definition) is 4. The highest BCUT2D eigenvalue weighted by Crippen LogP contribution is 2.64. The van der Waals surface area contributed by atoms with Crippen LogP contribution in [0.1, 0.15) is 62.6 Å². The Labute approximate surface area is 274 Å². The Morgan fingerprint density at radius 3 is 2.42 bits per heavy atom. The summed E-state index contributed by atoms with van der Waals surface area (Å²) in [4.78, 5) is 74.7. The van der Waals surface area contributed by atoms with Crippen LogP contribution in [0.25, 0.3) is 0 Å². The van der Waals surface area contributed by atoms with Gasteiger partial charge in [-0.05, 0) is 51.4 Å². The molecule has 7 atom stereocenters. The second-order valence-corrected chi connectivity index (χ2v) is 12.5. The van der Waals surface area contributed by atoms with Gasteiger partial charge in [-0.15, -0.1) is 0 Å². The number of likely N-dealkylation sites (tertiary alicyclic amines) is 1. The Hall–Kier alpha value is -4.54.